The van der Waals surface area contributed by atoms with Gasteiger partial charge in [-0.05, 0) is 32.4 Å². The maximum Gasteiger partial charge on any atom is 0.407 e. The fraction of sp³-hybridized carbons (Fsp3) is 0.500. The third-order valence-corrected chi connectivity index (χ3v) is 3.07. The van der Waals surface area contributed by atoms with Crippen molar-refractivity contribution in [2.45, 2.75) is 39.1 Å². The summed E-state index contributed by atoms with van der Waals surface area (Å²) in [7, 11) is 0. The number of carbonyl (C=O) groups excluding carboxylic acids is 1. The van der Waals surface area contributed by atoms with E-state index in [1.54, 1.807) is 0 Å². The molecule has 0 saturated carbocycles. The van der Waals surface area contributed by atoms with E-state index in [2.05, 4.69) is 5.32 Å². The Morgan fingerprint density at radius 2 is 2.26 bits per heavy atom. The highest BCUT2D eigenvalue weighted by Gasteiger charge is 2.26. The Hall–Kier alpha value is -1.26. The van der Waals surface area contributed by atoms with Crippen LogP contribution in [0, 0.1) is 0 Å². The van der Waals surface area contributed by atoms with E-state index in [1.165, 1.54) is 0 Å². The Balaban J connectivity index is 1.95. The van der Waals surface area contributed by atoms with Gasteiger partial charge in [-0.25, -0.2) is 4.79 Å². The van der Waals surface area contributed by atoms with E-state index in [9.17, 15) is 4.79 Å². The highest BCUT2D eigenvalue weighted by atomic mass is 35.5. The van der Waals surface area contributed by atoms with Crippen LogP contribution in [-0.2, 0) is 16.1 Å². The summed E-state index contributed by atoms with van der Waals surface area (Å²) >= 11 is 6.16. The van der Waals surface area contributed by atoms with Gasteiger partial charge in [0.1, 0.15) is 11.7 Å². The molecule has 1 amide bonds. The lowest BCUT2D eigenvalue weighted by Gasteiger charge is -2.21. The molecule has 1 heterocycles. The lowest BCUT2D eigenvalue weighted by molar-refractivity contribution is 0.0395. The fourth-order valence-electron chi connectivity index (χ4n) is 1.99. The SMILES string of the molecule is CC(C)(C)OC(=O)NCC1OCc2cccc(Cl)c21. The van der Waals surface area contributed by atoms with Crippen molar-refractivity contribution >= 4 is 17.7 Å². The van der Waals surface area contributed by atoms with Crippen molar-refractivity contribution in [1.82, 2.24) is 5.32 Å². The summed E-state index contributed by atoms with van der Waals surface area (Å²) in [5, 5.41) is 3.38. The highest BCUT2D eigenvalue weighted by molar-refractivity contribution is 6.31. The number of benzene rings is 1. The smallest absolute Gasteiger partial charge is 0.407 e. The van der Waals surface area contributed by atoms with Crippen LogP contribution >= 0.6 is 11.6 Å². The molecular weight excluding hydrogens is 266 g/mol. The standard InChI is InChI=1S/C14H18ClNO3/c1-14(2,3)19-13(17)16-7-11-12-9(8-18-11)5-4-6-10(12)15/h4-6,11H,7-8H2,1-3H3,(H,16,17). The second-order valence-corrected chi connectivity index (χ2v) is 5.90. The molecule has 0 spiro atoms. The van der Waals surface area contributed by atoms with Crippen LogP contribution in [0.5, 0.6) is 0 Å². The average Bonchev–Trinajstić information content (AvgIpc) is 2.69. The van der Waals surface area contributed by atoms with Gasteiger partial charge in [0.05, 0.1) is 13.2 Å². The van der Waals surface area contributed by atoms with Crippen LogP contribution < -0.4 is 5.32 Å². The monoisotopic (exact) mass is 283 g/mol. The van der Waals surface area contributed by atoms with E-state index in [4.69, 9.17) is 21.1 Å². The van der Waals surface area contributed by atoms with Gasteiger partial charge in [0.2, 0.25) is 0 Å². The molecule has 1 unspecified atom stereocenters. The van der Waals surface area contributed by atoms with Gasteiger partial charge in [0.25, 0.3) is 0 Å². The molecule has 1 atom stereocenters. The molecule has 0 saturated heterocycles. The van der Waals surface area contributed by atoms with Gasteiger partial charge in [-0.15, -0.1) is 0 Å². The molecule has 0 radical (unpaired) electrons. The van der Waals surface area contributed by atoms with Gasteiger partial charge in [-0.3, -0.25) is 0 Å². The molecule has 1 aliphatic rings. The average molecular weight is 284 g/mol. The molecule has 2 rings (SSSR count). The van der Waals surface area contributed by atoms with E-state index in [0.717, 1.165) is 11.1 Å². The fourth-order valence-corrected chi connectivity index (χ4v) is 2.31. The third kappa shape index (κ3) is 3.61. The van der Waals surface area contributed by atoms with E-state index in [0.29, 0.717) is 18.2 Å². The summed E-state index contributed by atoms with van der Waals surface area (Å²) in [6.07, 6.45) is -0.659. The molecule has 104 valence electrons. The molecule has 4 nitrogen and oxygen atoms in total. The van der Waals surface area contributed by atoms with Crippen LogP contribution in [0.1, 0.15) is 38.0 Å². The summed E-state index contributed by atoms with van der Waals surface area (Å²) < 4.78 is 10.8. The summed E-state index contributed by atoms with van der Waals surface area (Å²) in [6.45, 7) is 6.35. The number of fused-ring (bicyclic) bond motifs is 1. The quantitative estimate of drug-likeness (QED) is 0.904. The summed E-state index contributed by atoms with van der Waals surface area (Å²) in [5.74, 6) is 0. The molecule has 0 aromatic heterocycles. The number of rotatable bonds is 2. The second kappa shape index (κ2) is 5.39. The zero-order valence-corrected chi connectivity index (χ0v) is 12.1. The number of alkyl carbamates (subject to hydrolysis) is 1. The molecular formula is C14H18ClNO3. The Morgan fingerprint density at radius 1 is 1.53 bits per heavy atom. The molecule has 5 heteroatoms. The summed E-state index contributed by atoms with van der Waals surface area (Å²) in [4.78, 5) is 11.6. The zero-order valence-electron chi connectivity index (χ0n) is 11.3. The van der Waals surface area contributed by atoms with E-state index in [1.807, 2.05) is 39.0 Å². The molecule has 19 heavy (non-hydrogen) atoms. The minimum absolute atomic E-state index is 0.212. The normalized spacial score (nSPS) is 18.0. The summed E-state index contributed by atoms with van der Waals surface area (Å²) in [6, 6.07) is 5.71. The van der Waals surface area contributed by atoms with E-state index in [-0.39, 0.29) is 6.10 Å². The van der Waals surface area contributed by atoms with Gasteiger partial charge in [0, 0.05) is 10.6 Å². The Bertz CT molecular complexity index is 482. The first kappa shape index (κ1) is 14.2. The van der Waals surface area contributed by atoms with Gasteiger partial charge in [-0.1, -0.05) is 23.7 Å². The number of carbonyl (C=O) groups is 1. The zero-order chi connectivity index (χ0) is 14.0. The van der Waals surface area contributed by atoms with Gasteiger partial charge >= 0.3 is 6.09 Å². The first-order valence-electron chi connectivity index (χ1n) is 6.22. The van der Waals surface area contributed by atoms with Crippen LogP contribution in [0.25, 0.3) is 0 Å². The lowest BCUT2D eigenvalue weighted by Crippen LogP contribution is -2.34. The highest BCUT2D eigenvalue weighted by Crippen LogP contribution is 2.35. The van der Waals surface area contributed by atoms with Crippen LogP contribution in [0.3, 0.4) is 0 Å². The second-order valence-electron chi connectivity index (χ2n) is 5.50. The van der Waals surface area contributed by atoms with Crippen molar-refractivity contribution in [2.24, 2.45) is 0 Å². The van der Waals surface area contributed by atoms with Crippen LogP contribution in [-0.4, -0.2) is 18.2 Å². The minimum Gasteiger partial charge on any atom is -0.444 e. The number of hydrogen-bond acceptors (Lipinski definition) is 3. The van der Waals surface area contributed by atoms with Crippen molar-refractivity contribution in [2.75, 3.05) is 6.54 Å². The largest absolute Gasteiger partial charge is 0.444 e. The van der Waals surface area contributed by atoms with Crippen LogP contribution in [0.15, 0.2) is 18.2 Å². The molecule has 0 aliphatic carbocycles. The molecule has 0 bridgehead atoms. The predicted octanol–water partition coefficient (Wildman–Crippen LogP) is 3.44. The van der Waals surface area contributed by atoms with Gasteiger partial charge < -0.3 is 14.8 Å². The molecule has 1 aromatic carbocycles. The van der Waals surface area contributed by atoms with Crippen molar-refractivity contribution in [3.63, 3.8) is 0 Å². The van der Waals surface area contributed by atoms with E-state index < -0.39 is 11.7 Å². The van der Waals surface area contributed by atoms with Crippen LogP contribution in [0.4, 0.5) is 4.79 Å². The summed E-state index contributed by atoms with van der Waals surface area (Å²) in [5.41, 5.74) is 1.53. The Kier molecular flexibility index (Phi) is 4.02. The lowest BCUT2D eigenvalue weighted by atomic mass is 10.1. The Morgan fingerprint density at radius 3 is 2.95 bits per heavy atom. The van der Waals surface area contributed by atoms with Gasteiger partial charge in [-0.2, -0.15) is 0 Å². The molecule has 1 N–H and O–H groups in total. The molecule has 1 aliphatic heterocycles. The topological polar surface area (TPSA) is 47.6 Å². The number of halogens is 1. The number of ether oxygens (including phenoxy) is 2. The number of hydrogen-bond donors (Lipinski definition) is 1. The maximum atomic E-state index is 11.6. The number of nitrogens with one attached hydrogen (secondary N) is 1. The Labute approximate surface area is 118 Å². The van der Waals surface area contributed by atoms with E-state index >= 15 is 0 Å². The van der Waals surface area contributed by atoms with Crippen LogP contribution in [0.2, 0.25) is 5.02 Å². The molecule has 0 fully saturated rings. The van der Waals surface area contributed by atoms with Crippen molar-refractivity contribution in [1.29, 1.82) is 0 Å². The van der Waals surface area contributed by atoms with Crippen molar-refractivity contribution < 1.29 is 14.3 Å². The van der Waals surface area contributed by atoms with Crippen molar-refractivity contribution in [3.8, 4) is 0 Å². The predicted molar refractivity (Wildman–Crippen MR) is 73.2 cm³/mol. The third-order valence-electron chi connectivity index (χ3n) is 2.74. The van der Waals surface area contributed by atoms with Crippen molar-refractivity contribution in [3.05, 3.63) is 34.3 Å². The maximum absolute atomic E-state index is 11.6. The number of amides is 1. The minimum atomic E-state index is -0.504. The molecule has 1 aromatic rings. The first-order chi connectivity index (χ1) is 8.87. The first-order valence-corrected chi connectivity index (χ1v) is 6.60. The van der Waals surface area contributed by atoms with Gasteiger partial charge in [0.15, 0.2) is 0 Å².